The minimum Gasteiger partial charge on any atom is -0.412 e. The maximum Gasteiger partial charge on any atom is 0.0379 e. The molecule has 21 heavy (non-hydrogen) atoms. The highest BCUT2D eigenvalue weighted by molar-refractivity contribution is 5.85. The fourth-order valence-electron chi connectivity index (χ4n) is 2.42. The van der Waals surface area contributed by atoms with E-state index in [1.807, 2.05) is 12.1 Å². The number of hydrogen-bond acceptors (Lipinski definition) is 2. The molecule has 0 aliphatic heterocycles. The predicted octanol–water partition coefficient (Wildman–Crippen LogP) is 2.52. The van der Waals surface area contributed by atoms with E-state index >= 15 is 0 Å². The lowest BCUT2D eigenvalue weighted by Crippen LogP contribution is -2.02. The average molecular weight is 313 g/mol. The summed E-state index contributed by atoms with van der Waals surface area (Å²) in [5.41, 5.74) is 20.9. The quantitative estimate of drug-likeness (QED) is 0.787. The first-order valence-electron chi connectivity index (χ1n) is 6.15. The summed E-state index contributed by atoms with van der Waals surface area (Å²) in [6, 6.07) is 8.02. The van der Waals surface area contributed by atoms with Crippen LogP contribution in [0.5, 0.6) is 0 Å². The van der Waals surface area contributed by atoms with Crippen molar-refractivity contribution in [1.29, 1.82) is 0 Å². The van der Waals surface area contributed by atoms with Crippen LogP contribution in [-0.4, -0.2) is 11.0 Å². The highest BCUT2D eigenvalue weighted by atomic mass is 35.5. The molecule has 4 nitrogen and oxygen atoms in total. The molecule has 0 fully saturated rings. The molecule has 0 unspecified atom stereocenters. The smallest absolute Gasteiger partial charge is 0.0379 e. The molecule has 0 aromatic heterocycles. The molecule has 0 aliphatic carbocycles. The van der Waals surface area contributed by atoms with Crippen molar-refractivity contribution in [2.45, 2.75) is 27.7 Å². The molecule has 0 saturated carbocycles. The average Bonchev–Trinajstić information content (AvgIpc) is 2.36. The van der Waals surface area contributed by atoms with Crippen LogP contribution in [0.15, 0.2) is 24.3 Å². The van der Waals surface area contributed by atoms with Gasteiger partial charge in [0.1, 0.15) is 0 Å². The number of benzene rings is 2. The van der Waals surface area contributed by atoms with Crippen molar-refractivity contribution in [3.8, 4) is 11.1 Å². The van der Waals surface area contributed by atoms with E-state index in [9.17, 15) is 0 Å². The van der Waals surface area contributed by atoms with Crippen molar-refractivity contribution >= 4 is 23.8 Å². The van der Waals surface area contributed by atoms with Crippen molar-refractivity contribution in [2.24, 2.45) is 0 Å². The molecule has 0 amide bonds. The van der Waals surface area contributed by atoms with E-state index in [1.54, 1.807) is 0 Å². The van der Waals surface area contributed by atoms with Gasteiger partial charge in [-0.2, -0.15) is 0 Å². The first-order chi connectivity index (χ1) is 8.43. The normalized spacial score (nSPS) is 9.14. The zero-order valence-corrected chi connectivity index (χ0v) is 13.7. The van der Waals surface area contributed by atoms with Gasteiger partial charge in [0.15, 0.2) is 0 Å². The van der Waals surface area contributed by atoms with Gasteiger partial charge in [0.2, 0.25) is 0 Å². The standard InChI is InChI=1S/C16H20N2.ClH.2H2O/c1-9-11(3)16(18)12(4)10(2)15(9)13-5-7-14(17)8-6-13;;;/h5-8H,17-18H2,1-4H3;1H;2*1H2. The van der Waals surface area contributed by atoms with E-state index in [4.69, 9.17) is 11.5 Å². The molecule has 0 atom stereocenters. The monoisotopic (exact) mass is 312 g/mol. The molecule has 0 radical (unpaired) electrons. The van der Waals surface area contributed by atoms with Gasteiger partial charge < -0.3 is 22.4 Å². The number of nitrogens with two attached hydrogens (primary N) is 2. The Morgan fingerprint density at radius 1 is 0.667 bits per heavy atom. The Labute approximate surface area is 132 Å². The van der Waals surface area contributed by atoms with Gasteiger partial charge in [-0.25, -0.2) is 0 Å². The summed E-state index contributed by atoms with van der Waals surface area (Å²) in [4.78, 5) is 0. The van der Waals surface area contributed by atoms with Crippen molar-refractivity contribution in [3.05, 3.63) is 46.5 Å². The van der Waals surface area contributed by atoms with Crippen LogP contribution >= 0.6 is 12.4 Å². The Balaban J connectivity index is 0. The number of hydrogen-bond donors (Lipinski definition) is 2. The molecule has 0 spiro atoms. The van der Waals surface area contributed by atoms with Crippen LogP contribution in [0.2, 0.25) is 0 Å². The molecule has 0 bridgehead atoms. The van der Waals surface area contributed by atoms with Crippen LogP contribution in [0, 0.1) is 27.7 Å². The SMILES string of the molecule is Cc1c(C)c(-c2ccc(N)cc2)c(C)c(C)c1N.Cl.O.O. The van der Waals surface area contributed by atoms with E-state index in [0.29, 0.717) is 0 Å². The van der Waals surface area contributed by atoms with Crippen LogP contribution in [0.3, 0.4) is 0 Å². The van der Waals surface area contributed by atoms with Crippen LogP contribution in [0.25, 0.3) is 11.1 Å². The topological polar surface area (TPSA) is 115 Å². The molecule has 0 saturated heterocycles. The maximum absolute atomic E-state index is 6.13. The first kappa shape index (κ1) is 21.5. The highest BCUT2D eigenvalue weighted by Crippen LogP contribution is 2.35. The Hall–Kier alpha value is -1.75. The van der Waals surface area contributed by atoms with Crippen molar-refractivity contribution < 1.29 is 11.0 Å². The first-order valence-corrected chi connectivity index (χ1v) is 6.15. The third-order valence-electron chi connectivity index (χ3n) is 3.88. The number of rotatable bonds is 1. The van der Waals surface area contributed by atoms with E-state index in [-0.39, 0.29) is 23.4 Å². The molecule has 0 heterocycles. The van der Waals surface area contributed by atoms with Crippen molar-refractivity contribution in [3.63, 3.8) is 0 Å². The second kappa shape index (κ2) is 7.88. The summed E-state index contributed by atoms with van der Waals surface area (Å²) in [5.74, 6) is 0. The van der Waals surface area contributed by atoms with Gasteiger partial charge in [0.05, 0.1) is 0 Å². The van der Waals surface area contributed by atoms with Gasteiger partial charge >= 0.3 is 0 Å². The Bertz CT molecular complexity index is 582. The number of anilines is 2. The van der Waals surface area contributed by atoms with Gasteiger partial charge in [-0.1, -0.05) is 12.1 Å². The third kappa shape index (κ3) is 3.67. The second-order valence-electron chi connectivity index (χ2n) is 4.91. The van der Waals surface area contributed by atoms with Gasteiger partial charge in [0, 0.05) is 11.4 Å². The van der Waals surface area contributed by atoms with Gasteiger partial charge in [0.25, 0.3) is 0 Å². The molecule has 2 aromatic rings. The Morgan fingerprint density at radius 2 is 1.05 bits per heavy atom. The fourth-order valence-corrected chi connectivity index (χ4v) is 2.42. The summed E-state index contributed by atoms with van der Waals surface area (Å²) < 4.78 is 0. The number of halogens is 1. The van der Waals surface area contributed by atoms with Gasteiger partial charge in [-0.3, -0.25) is 0 Å². The summed E-state index contributed by atoms with van der Waals surface area (Å²) >= 11 is 0. The molecule has 5 heteroatoms. The van der Waals surface area contributed by atoms with E-state index in [0.717, 1.165) is 11.4 Å². The molecule has 8 N–H and O–H groups in total. The Kier molecular flexibility index (Phi) is 8.09. The summed E-state index contributed by atoms with van der Waals surface area (Å²) in [5, 5.41) is 0. The van der Waals surface area contributed by atoms with Gasteiger partial charge in [-0.05, 0) is 73.2 Å². The number of nitrogen functional groups attached to an aromatic ring is 2. The van der Waals surface area contributed by atoms with Crippen molar-refractivity contribution in [1.82, 2.24) is 0 Å². The van der Waals surface area contributed by atoms with Crippen LogP contribution in [0.1, 0.15) is 22.3 Å². The zero-order valence-electron chi connectivity index (χ0n) is 12.9. The lowest BCUT2D eigenvalue weighted by molar-refractivity contribution is 0.823. The van der Waals surface area contributed by atoms with Gasteiger partial charge in [-0.15, -0.1) is 12.4 Å². The molecule has 2 rings (SSSR count). The van der Waals surface area contributed by atoms with E-state index < -0.39 is 0 Å². The predicted molar refractivity (Wildman–Crippen MR) is 94.1 cm³/mol. The summed E-state index contributed by atoms with van der Waals surface area (Å²) in [6.07, 6.45) is 0. The molecular formula is C16H25ClN2O2. The molecule has 0 aliphatic rings. The van der Waals surface area contributed by atoms with Crippen LogP contribution in [-0.2, 0) is 0 Å². The summed E-state index contributed by atoms with van der Waals surface area (Å²) in [7, 11) is 0. The van der Waals surface area contributed by atoms with Crippen molar-refractivity contribution in [2.75, 3.05) is 11.5 Å². The van der Waals surface area contributed by atoms with Crippen LogP contribution < -0.4 is 11.5 Å². The second-order valence-corrected chi connectivity index (χ2v) is 4.91. The highest BCUT2D eigenvalue weighted by Gasteiger charge is 2.13. The van der Waals surface area contributed by atoms with Crippen LogP contribution in [0.4, 0.5) is 11.4 Å². The lowest BCUT2D eigenvalue weighted by Gasteiger charge is -2.18. The largest absolute Gasteiger partial charge is 0.412 e. The fraction of sp³-hybridized carbons (Fsp3) is 0.250. The molecule has 2 aromatic carbocycles. The molecule has 118 valence electrons. The third-order valence-corrected chi connectivity index (χ3v) is 3.88. The summed E-state index contributed by atoms with van der Waals surface area (Å²) in [6.45, 7) is 8.42. The minimum atomic E-state index is 0. The molecular weight excluding hydrogens is 288 g/mol. The zero-order chi connectivity index (χ0) is 13.4. The minimum absolute atomic E-state index is 0. The van der Waals surface area contributed by atoms with E-state index in [2.05, 4.69) is 39.8 Å². The lowest BCUT2D eigenvalue weighted by atomic mass is 9.88. The maximum atomic E-state index is 6.13. The Morgan fingerprint density at radius 3 is 1.43 bits per heavy atom. The van der Waals surface area contributed by atoms with E-state index in [1.165, 1.54) is 33.4 Å².